The van der Waals surface area contributed by atoms with Gasteiger partial charge in [-0.3, -0.25) is 4.68 Å². The maximum absolute atomic E-state index is 8.72. The van der Waals surface area contributed by atoms with Crippen molar-refractivity contribution in [3.8, 4) is 0 Å². The van der Waals surface area contributed by atoms with Crippen LogP contribution in [0.3, 0.4) is 0 Å². The van der Waals surface area contributed by atoms with Crippen molar-refractivity contribution < 1.29 is 5.11 Å². The van der Waals surface area contributed by atoms with Crippen LogP contribution in [0, 0.1) is 0 Å². The number of nitrogens with one attached hydrogen (secondary N) is 1. The molecule has 18 heavy (non-hydrogen) atoms. The molecular weight excluding hydrogens is 230 g/mol. The van der Waals surface area contributed by atoms with Gasteiger partial charge in [-0.15, -0.1) is 5.10 Å². The zero-order valence-corrected chi connectivity index (χ0v) is 11.5. The molecule has 6 heteroatoms. The zero-order valence-electron chi connectivity index (χ0n) is 11.5. The van der Waals surface area contributed by atoms with E-state index in [9.17, 15) is 0 Å². The first-order valence-corrected chi connectivity index (χ1v) is 6.57. The smallest absolute Gasteiger partial charge is 0.0964 e. The molecule has 0 atom stereocenters. The molecule has 0 bridgehead atoms. The second-order valence-corrected chi connectivity index (χ2v) is 4.74. The molecule has 1 aromatic rings. The highest BCUT2D eigenvalue weighted by molar-refractivity contribution is 4.91. The van der Waals surface area contributed by atoms with Crippen molar-refractivity contribution in [2.24, 2.45) is 0 Å². The fraction of sp³-hybridized carbons (Fsp3) is 0.833. The SMILES string of the molecule is CN(C)CCCCNCc1cn(CCCO)nn1. The molecule has 0 fully saturated rings. The Morgan fingerprint density at radius 2 is 2.17 bits per heavy atom. The Hall–Kier alpha value is -0.980. The summed E-state index contributed by atoms with van der Waals surface area (Å²) in [5.41, 5.74) is 0.959. The Labute approximate surface area is 109 Å². The van der Waals surface area contributed by atoms with E-state index in [2.05, 4.69) is 34.6 Å². The highest BCUT2D eigenvalue weighted by atomic mass is 16.3. The summed E-state index contributed by atoms with van der Waals surface area (Å²) < 4.78 is 1.78. The minimum atomic E-state index is 0.194. The van der Waals surface area contributed by atoms with Gasteiger partial charge >= 0.3 is 0 Å². The largest absolute Gasteiger partial charge is 0.396 e. The number of rotatable bonds is 10. The van der Waals surface area contributed by atoms with Crippen LogP contribution in [0.5, 0.6) is 0 Å². The van der Waals surface area contributed by atoms with E-state index in [1.54, 1.807) is 4.68 Å². The summed E-state index contributed by atoms with van der Waals surface area (Å²) in [5, 5.41) is 20.2. The van der Waals surface area contributed by atoms with Crippen molar-refractivity contribution in [1.29, 1.82) is 0 Å². The van der Waals surface area contributed by atoms with E-state index < -0.39 is 0 Å². The Kier molecular flexibility index (Phi) is 7.55. The molecule has 0 aliphatic rings. The normalized spacial score (nSPS) is 11.3. The monoisotopic (exact) mass is 255 g/mol. The predicted molar refractivity (Wildman–Crippen MR) is 71.2 cm³/mol. The average molecular weight is 255 g/mol. The molecule has 104 valence electrons. The lowest BCUT2D eigenvalue weighted by atomic mass is 10.3. The molecule has 0 spiro atoms. The Bertz CT molecular complexity index is 313. The van der Waals surface area contributed by atoms with Crippen LogP contribution in [-0.2, 0) is 13.1 Å². The predicted octanol–water partition coefficient (Wildman–Crippen LogP) is 0.0919. The maximum atomic E-state index is 8.72. The topological polar surface area (TPSA) is 66.2 Å². The zero-order chi connectivity index (χ0) is 13.2. The number of aromatic nitrogens is 3. The summed E-state index contributed by atoms with van der Waals surface area (Å²) in [6.45, 7) is 3.84. The molecular formula is C12H25N5O. The lowest BCUT2D eigenvalue weighted by Gasteiger charge is -2.08. The standard InChI is InChI=1S/C12H25N5O/c1-16(2)7-4-3-6-13-10-12-11-17(15-14-12)8-5-9-18/h11,13,18H,3-10H2,1-2H3. The van der Waals surface area contributed by atoms with Crippen LogP contribution >= 0.6 is 0 Å². The van der Waals surface area contributed by atoms with Crippen LogP contribution in [0.25, 0.3) is 0 Å². The van der Waals surface area contributed by atoms with Crippen LogP contribution in [-0.4, -0.2) is 58.8 Å². The molecule has 1 rings (SSSR count). The van der Waals surface area contributed by atoms with Crippen molar-refractivity contribution >= 4 is 0 Å². The van der Waals surface area contributed by atoms with Crippen molar-refractivity contribution in [3.63, 3.8) is 0 Å². The summed E-state index contributed by atoms with van der Waals surface area (Å²) in [6.07, 6.45) is 5.04. The molecule has 0 aliphatic heterocycles. The lowest BCUT2D eigenvalue weighted by molar-refractivity contribution is 0.276. The molecule has 0 saturated heterocycles. The molecule has 0 unspecified atom stereocenters. The van der Waals surface area contributed by atoms with Gasteiger partial charge in [0.15, 0.2) is 0 Å². The number of hydrogen-bond donors (Lipinski definition) is 2. The van der Waals surface area contributed by atoms with Gasteiger partial charge in [-0.05, 0) is 46.4 Å². The first-order valence-electron chi connectivity index (χ1n) is 6.57. The minimum Gasteiger partial charge on any atom is -0.396 e. The van der Waals surface area contributed by atoms with Gasteiger partial charge in [-0.25, -0.2) is 0 Å². The van der Waals surface area contributed by atoms with E-state index in [0.717, 1.165) is 38.3 Å². The summed E-state index contributed by atoms with van der Waals surface area (Å²) in [7, 11) is 4.19. The third-order valence-corrected chi connectivity index (χ3v) is 2.65. The average Bonchev–Trinajstić information content (AvgIpc) is 2.78. The van der Waals surface area contributed by atoms with Crippen LogP contribution in [0.2, 0.25) is 0 Å². The van der Waals surface area contributed by atoms with Gasteiger partial charge in [0, 0.05) is 25.9 Å². The summed E-state index contributed by atoms with van der Waals surface area (Å²) >= 11 is 0. The molecule has 0 aromatic carbocycles. The number of aryl methyl sites for hydroxylation is 1. The number of aliphatic hydroxyl groups excluding tert-OH is 1. The Balaban J connectivity index is 2.06. The van der Waals surface area contributed by atoms with Gasteiger partial charge in [0.2, 0.25) is 0 Å². The van der Waals surface area contributed by atoms with Gasteiger partial charge in [-0.1, -0.05) is 5.21 Å². The Morgan fingerprint density at radius 1 is 1.33 bits per heavy atom. The van der Waals surface area contributed by atoms with Crippen molar-refractivity contribution in [3.05, 3.63) is 11.9 Å². The number of hydrogen-bond acceptors (Lipinski definition) is 5. The molecule has 2 N–H and O–H groups in total. The van der Waals surface area contributed by atoms with Gasteiger partial charge in [-0.2, -0.15) is 0 Å². The highest BCUT2D eigenvalue weighted by Gasteiger charge is 1.99. The van der Waals surface area contributed by atoms with E-state index in [4.69, 9.17) is 5.11 Å². The van der Waals surface area contributed by atoms with E-state index in [1.165, 1.54) is 12.8 Å². The van der Waals surface area contributed by atoms with Crippen molar-refractivity contribution in [2.45, 2.75) is 32.4 Å². The van der Waals surface area contributed by atoms with Crippen LogP contribution < -0.4 is 5.32 Å². The third-order valence-electron chi connectivity index (χ3n) is 2.65. The second-order valence-electron chi connectivity index (χ2n) is 4.74. The minimum absolute atomic E-state index is 0.194. The van der Waals surface area contributed by atoms with Gasteiger partial charge < -0.3 is 15.3 Å². The van der Waals surface area contributed by atoms with E-state index in [0.29, 0.717) is 0 Å². The number of aliphatic hydroxyl groups is 1. The molecule has 1 aromatic heterocycles. The first-order chi connectivity index (χ1) is 8.72. The second kappa shape index (κ2) is 9.02. The van der Waals surface area contributed by atoms with Crippen LogP contribution in [0.1, 0.15) is 25.0 Å². The van der Waals surface area contributed by atoms with Gasteiger partial charge in [0.1, 0.15) is 0 Å². The molecule has 0 saturated carbocycles. The first kappa shape index (κ1) is 15.1. The maximum Gasteiger partial charge on any atom is 0.0964 e. The molecule has 0 aliphatic carbocycles. The van der Waals surface area contributed by atoms with Gasteiger partial charge in [0.05, 0.1) is 5.69 Å². The molecule has 0 amide bonds. The third kappa shape index (κ3) is 6.68. The number of unbranched alkanes of at least 4 members (excludes halogenated alkanes) is 1. The summed E-state index contributed by atoms with van der Waals surface area (Å²) in [6, 6.07) is 0. The quantitative estimate of drug-likeness (QED) is 0.580. The van der Waals surface area contributed by atoms with Gasteiger partial charge in [0.25, 0.3) is 0 Å². The van der Waals surface area contributed by atoms with Crippen molar-refractivity contribution in [1.82, 2.24) is 25.2 Å². The highest BCUT2D eigenvalue weighted by Crippen LogP contribution is 1.95. The van der Waals surface area contributed by atoms with E-state index >= 15 is 0 Å². The fourth-order valence-electron chi connectivity index (χ4n) is 1.66. The Morgan fingerprint density at radius 3 is 2.89 bits per heavy atom. The molecule has 1 heterocycles. The van der Waals surface area contributed by atoms with E-state index in [-0.39, 0.29) is 6.61 Å². The number of nitrogens with zero attached hydrogens (tertiary/aromatic N) is 4. The van der Waals surface area contributed by atoms with Crippen LogP contribution in [0.15, 0.2) is 6.20 Å². The van der Waals surface area contributed by atoms with E-state index in [1.807, 2.05) is 6.20 Å². The molecule has 0 radical (unpaired) electrons. The molecule has 6 nitrogen and oxygen atoms in total. The fourth-order valence-corrected chi connectivity index (χ4v) is 1.66. The summed E-state index contributed by atoms with van der Waals surface area (Å²) in [4.78, 5) is 2.20. The van der Waals surface area contributed by atoms with Crippen LogP contribution in [0.4, 0.5) is 0 Å². The summed E-state index contributed by atoms with van der Waals surface area (Å²) in [5.74, 6) is 0. The van der Waals surface area contributed by atoms with Crippen molar-refractivity contribution in [2.75, 3.05) is 33.8 Å². The lowest BCUT2D eigenvalue weighted by Crippen LogP contribution is -2.18.